The Labute approximate surface area is 169 Å². The molecule has 0 spiro atoms. The molecule has 4 aliphatic rings. The first-order valence-corrected chi connectivity index (χ1v) is 10.4. The van der Waals surface area contributed by atoms with Crippen molar-refractivity contribution in [2.75, 3.05) is 6.61 Å². The SMILES string of the molecule is CC(NC(=O)CO/N=C/c1ccccc1OC(F)F)C12CC3CC(CC(C3)C1)C2. The van der Waals surface area contributed by atoms with Crippen LogP contribution in [0.2, 0.25) is 0 Å². The molecule has 5 nitrogen and oxygen atoms in total. The van der Waals surface area contributed by atoms with Crippen LogP contribution in [-0.4, -0.2) is 31.4 Å². The fourth-order valence-electron chi connectivity index (χ4n) is 6.12. The predicted molar refractivity (Wildman–Crippen MR) is 105 cm³/mol. The number of ether oxygens (including phenoxy) is 1. The number of amides is 1. The van der Waals surface area contributed by atoms with E-state index in [4.69, 9.17) is 4.84 Å². The van der Waals surface area contributed by atoms with E-state index < -0.39 is 6.61 Å². The van der Waals surface area contributed by atoms with Gasteiger partial charge in [0.2, 0.25) is 0 Å². The Kier molecular flexibility index (Phi) is 5.74. The van der Waals surface area contributed by atoms with Crippen LogP contribution in [0.25, 0.3) is 0 Å². The third-order valence-electron chi connectivity index (χ3n) is 6.98. The molecule has 7 heteroatoms. The Bertz CT molecular complexity index is 733. The largest absolute Gasteiger partial charge is 0.434 e. The zero-order chi connectivity index (χ0) is 20.4. The number of alkyl halides is 2. The molecule has 4 saturated carbocycles. The highest BCUT2D eigenvalue weighted by Gasteiger charge is 2.53. The van der Waals surface area contributed by atoms with Crippen LogP contribution < -0.4 is 10.1 Å². The van der Waals surface area contributed by atoms with E-state index in [1.54, 1.807) is 18.2 Å². The molecule has 1 amide bonds. The molecule has 1 aromatic rings. The molecule has 158 valence electrons. The van der Waals surface area contributed by atoms with E-state index in [0.29, 0.717) is 5.56 Å². The summed E-state index contributed by atoms with van der Waals surface area (Å²) >= 11 is 0. The first kappa shape index (κ1) is 20.1. The van der Waals surface area contributed by atoms with E-state index in [0.717, 1.165) is 17.8 Å². The number of halogens is 2. The highest BCUT2D eigenvalue weighted by atomic mass is 19.3. The smallest absolute Gasteiger partial charge is 0.387 e. The van der Waals surface area contributed by atoms with Crippen molar-refractivity contribution < 1.29 is 23.1 Å². The monoisotopic (exact) mass is 406 g/mol. The Morgan fingerprint density at radius 3 is 2.45 bits per heavy atom. The number of carbonyl (C=O) groups is 1. The molecule has 1 unspecified atom stereocenters. The molecular formula is C22H28F2N2O3. The molecular weight excluding hydrogens is 378 g/mol. The van der Waals surface area contributed by atoms with Crippen LogP contribution in [0, 0.1) is 23.2 Å². The molecule has 29 heavy (non-hydrogen) atoms. The Morgan fingerprint density at radius 1 is 1.21 bits per heavy atom. The number of rotatable bonds is 8. The van der Waals surface area contributed by atoms with Crippen molar-refractivity contribution in [3.8, 4) is 5.75 Å². The zero-order valence-electron chi connectivity index (χ0n) is 16.7. The molecule has 0 aliphatic heterocycles. The van der Waals surface area contributed by atoms with Gasteiger partial charge in [0.15, 0.2) is 6.61 Å². The number of nitrogens with zero attached hydrogens (tertiary/aromatic N) is 1. The third-order valence-corrected chi connectivity index (χ3v) is 6.98. The van der Waals surface area contributed by atoms with Gasteiger partial charge in [0.1, 0.15) is 5.75 Å². The minimum Gasteiger partial charge on any atom is -0.434 e. The summed E-state index contributed by atoms with van der Waals surface area (Å²) in [6, 6.07) is 6.40. The van der Waals surface area contributed by atoms with E-state index in [-0.39, 0.29) is 29.7 Å². The third kappa shape index (κ3) is 4.54. The molecule has 4 bridgehead atoms. The maximum absolute atomic E-state index is 12.4. The van der Waals surface area contributed by atoms with Crippen molar-refractivity contribution in [2.45, 2.75) is 58.1 Å². The van der Waals surface area contributed by atoms with Gasteiger partial charge in [-0.2, -0.15) is 8.78 Å². The van der Waals surface area contributed by atoms with E-state index in [1.807, 2.05) is 0 Å². The van der Waals surface area contributed by atoms with Crippen LogP contribution in [0.3, 0.4) is 0 Å². The van der Waals surface area contributed by atoms with Crippen molar-refractivity contribution >= 4 is 12.1 Å². The molecule has 1 aromatic carbocycles. The molecule has 0 saturated heterocycles. The van der Waals surface area contributed by atoms with Crippen LogP contribution in [0.1, 0.15) is 51.0 Å². The maximum Gasteiger partial charge on any atom is 0.387 e. The molecule has 0 heterocycles. The number of para-hydroxylation sites is 1. The highest BCUT2D eigenvalue weighted by Crippen LogP contribution is 2.61. The van der Waals surface area contributed by atoms with E-state index in [9.17, 15) is 13.6 Å². The minimum absolute atomic E-state index is 0.00902. The van der Waals surface area contributed by atoms with Crippen molar-refractivity contribution in [1.82, 2.24) is 5.32 Å². The van der Waals surface area contributed by atoms with Crippen molar-refractivity contribution in [1.29, 1.82) is 0 Å². The average Bonchev–Trinajstić information content (AvgIpc) is 2.65. The first-order valence-electron chi connectivity index (χ1n) is 10.4. The van der Waals surface area contributed by atoms with E-state index >= 15 is 0 Å². The lowest BCUT2D eigenvalue weighted by Gasteiger charge is -2.59. The number of carbonyl (C=O) groups excluding carboxylic acids is 1. The molecule has 1 N–H and O–H groups in total. The van der Waals surface area contributed by atoms with Gasteiger partial charge < -0.3 is 14.9 Å². The maximum atomic E-state index is 12.4. The van der Waals surface area contributed by atoms with Gasteiger partial charge in [0.05, 0.1) is 6.21 Å². The standard InChI is InChI=1S/C22H28F2N2O3/c1-14(22-9-15-6-16(10-22)8-17(7-15)11-22)26-20(27)13-28-25-12-18-4-2-3-5-19(18)29-21(23)24/h2-5,12,14-17,21H,6-11,13H2,1H3,(H,26,27)/b25-12+. The van der Waals surface area contributed by atoms with Gasteiger partial charge in [-0.05, 0) is 80.8 Å². The topological polar surface area (TPSA) is 59.9 Å². The molecule has 0 aromatic heterocycles. The van der Waals surface area contributed by atoms with Crippen molar-refractivity contribution in [2.24, 2.45) is 28.3 Å². The number of hydrogen-bond acceptors (Lipinski definition) is 4. The fraction of sp³-hybridized carbons (Fsp3) is 0.636. The normalized spacial score (nSPS) is 31.2. The summed E-state index contributed by atoms with van der Waals surface area (Å²) in [5.41, 5.74) is 0.592. The van der Waals surface area contributed by atoms with Crippen molar-refractivity contribution in [3.63, 3.8) is 0 Å². The molecule has 4 aliphatic carbocycles. The summed E-state index contributed by atoms with van der Waals surface area (Å²) in [6.45, 7) is -1.00. The molecule has 5 rings (SSSR count). The van der Waals surface area contributed by atoms with Gasteiger partial charge in [-0.25, -0.2) is 0 Å². The lowest BCUT2D eigenvalue weighted by molar-refractivity contribution is -0.130. The highest BCUT2D eigenvalue weighted by molar-refractivity contribution is 5.83. The van der Waals surface area contributed by atoms with Crippen LogP contribution in [-0.2, 0) is 9.63 Å². The van der Waals surface area contributed by atoms with Gasteiger partial charge in [-0.1, -0.05) is 17.3 Å². The summed E-state index contributed by atoms with van der Waals surface area (Å²) < 4.78 is 29.3. The van der Waals surface area contributed by atoms with E-state index in [2.05, 4.69) is 22.1 Å². The summed E-state index contributed by atoms with van der Waals surface area (Å²) in [6.07, 6.45) is 9.05. The number of hydrogen-bond donors (Lipinski definition) is 1. The summed E-state index contributed by atoms with van der Waals surface area (Å²) in [5.74, 6) is 2.29. The van der Waals surface area contributed by atoms with Crippen LogP contribution >= 0.6 is 0 Å². The summed E-state index contributed by atoms with van der Waals surface area (Å²) in [5, 5.41) is 6.85. The van der Waals surface area contributed by atoms with Crippen LogP contribution in [0.15, 0.2) is 29.4 Å². The predicted octanol–water partition coefficient (Wildman–Crippen LogP) is 4.36. The van der Waals surface area contributed by atoms with Gasteiger partial charge in [0.25, 0.3) is 5.91 Å². The second kappa shape index (κ2) is 8.28. The van der Waals surface area contributed by atoms with Gasteiger partial charge >= 0.3 is 6.61 Å². The van der Waals surface area contributed by atoms with Gasteiger partial charge in [-0.15, -0.1) is 0 Å². The number of benzene rings is 1. The second-order valence-electron chi connectivity index (χ2n) is 8.99. The van der Waals surface area contributed by atoms with Gasteiger partial charge in [0, 0.05) is 11.6 Å². The Hall–Kier alpha value is -2.18. The molecule has 0 radical (unpaired) electrons. The lowest BCUT2D eigenvalue weighted by atomic mass is 9.48. The average molecular weight is 406 g/mol. The second-order valence-corrected chi connectivity index (χ2v) is 8.99. The number of oxime groups is 1. The quantitative estimate of drug-likeness (QED) is 0.515. The fourth-order valence-corrected chi connectivity index (χ4v) is 6.12. The molecule has 4 fully saturated rings. The van der Waals surface area contributed by atoms with Crippen molar-refractivity contribution in [3.05, 3.63) is 29.8 Å². The van der Waals surface area contributed by atoms with Crippen LogP contribution in [0.4, 0.5) is 8.78 Å². The number of nitrogens with one attached hydrogen (secondary N) is 1. The Balaban J connectivity index is 1.27. The van der Waals surface area contributed by atoms with Crippen LogP contribution in [0.5, 0.6) is 5.75 Å². The lowest BCUT2D eigenvalue weighted by Crippen LogP contribution is -2.56. The first-order chi connectivity index (χ1) is 13.9. The molecule has 1 atom stereocenters. The minimum atomic E-state index is -2.91. The van der Waals surface area contributed by atoms with E-state index in [1.165, 1.54) is 50.8 Å². The summed E-state index contributed by atoms with van der Waals surface area (Å²) in [7, 11) is 0. The summed E-state index contributed by atoms with van der Waals surface area (Å²) in [4.78, 5) is 17.4. The van der Waals surface area contributed by atoms with Gasteiger partial charge in [-0.3, -0.25) is 4.79 Å². The Morgan fingerprint density at radius 2 is 1.83 bits per heavy atom. The zero-order valence-corrected chi connectivity index (χ0v) is 16.7.